The van der Waals surface area contributed by atoms with Crippen molar-refractivity contribution >= 4 is 21.9 Å². The first-order chi connectivity index (χ1) is 10.5. The van der Waals surface area contributed by atoms with Crippen LogP contribution in [0, 0.1) is 0 Å². The number of hydrogen-bond donors (Lipinski definition) is 3. The lowest BCUT2D eigenvalue weighted by atomic mass is 10.4. The highest BCUT2D eigenvalue weighted by atomic mass is 32.2. The second kappa shape index (κ2) is 9.62. The summed E-state index contributed by atoms with van der Waals surface area (Å²) in [6.07, 6.45) is 2.12. The Morgan fingerprint density at radius 1 is 1.14 bits per heavy atom. The standard InChI is InChI=1S/C13H27N5O3S/c1-3-14-13(15-7-8-17-22(20,21)4-2)16-11-12(19)18-9-5-6-10-18/h17H,3-11H2,1-2H3,(H2,14,15,16). The minimum Gasteiger partial charge on any atom is -0.357 e. The van der Waals surface area contributed by atoms with E-state index in [-0.39, 0.29) is 24.7 Å². The van der Waals surface area contributed by atoms with E-state index in [1.807, 2.05) is 11.8 Å². The monoisotopic (exact) mass is 333 g/mol. The lowest BCUT2D eigenvalue weighted by Gasteiger charge is -2.15. The fraction of sp³-hybridized carbons (Fsp3) is 0.846. The normalized spacial score (nSPS) is 15.9. The van der Waals surface area contributed by atoms with E-state index >= 15 is 0 Å². The van der Waals surface area contributed by atoms with Crippen molar-refractivity contribution in [2.75, 3.05) is 45.0 Å². The number of nitrogens with zero attached hydrogens (tertiary/aromatic N) is 2. The van der Waals surface area contributed by atoms with Gasteiger partial charge in [0.1, 0.15) is 6.54 Å². The van der Waals surface area contributed by atoms with Gasteiger partial charge in [0.05, 0.1) is 5.75 Å². The maximum absolute atomic E-state index is 11.9. The molecule has 1 aliphatic heterocycles. The molecule has 8 nitrogen and oxygen atoms in total. The van der Waals surface area contributed by atoms with Crippen LogP contribution in [-0.4, -0.2) is 70.2 Å². The Bertz CT molecular complexity index is 472. The first kappa shape index (κ1) is 18.7. The summed E-state index contributed by atoms with van der Waals surface area (Å²) in [6, 6.07) is 0. The van der Waals surface area contributed by atoms with E-state index in [0.717, 1.165) is 25.9 Å². The molecular formula is C13H27N5O3S. The topological polar surface area (TPSA) is 103 Å². The molecule has 0 atom stereocenters. The number of nitrogens with one attached hydrogen (secondary N) is 3. The van der Waals surface area contributed by atoms with Gasteiger partial charge in [-0.1, -0.05) is 0 Å². The third-order valence-electron chi connectivity index (χ3n) is 3.29. The summed E-state index contributed by atoms with van der Waals surface area (Å²) in [5.41, 5.74) is 0. The molecule has 128 valence electrons. The molecule has 0 unspecified atom stereocenters. The number of likely N-dealkylation sites (tertiary alicyclic amines) is 1. The highest BCUT2D eigenvalue weighted by Gasteiger charge is 2.17. The summed E-state index contributed by atoms with van der Waals surface area (Å²) in [7, 11) is -3.18. The highest BCUT2D eigenvalue weighted by molar-refractivity contribution is 7.89. The average Bonchev–Trinajstić information content (AvgIpc) is 3.03. The number of carbonyl (C=O) groups excluding carboxylic acids is 1. The maximum atomic E-state index is 11.9. The van der Waals surface area contributed by atoms with Crippen molar-refractivity contribution in [1.82, 2.24) is 20.3 Å². The third-order valence-corrected chi connectivity index (χ3v) is 4.70. The maximum Gasteiger partial charge on any atom is 0.244 e. The van der Waals surface area contributed by atoms with E-state index in [9.17, 15) is 13.2 Å². The Hall–Kier alpha value is -1.35. The SMILES string of the molecule is CCNC(=NCC(=O)N1CCCC1)NCCNS(=O)(=O)CC. The number of hydrogen-bond acceptors (Lipinski definition) is 4. The van der Waals surface area contributed by atoms with Gasteiger partial charge in [0.2, 0.25) is 15.9 Å². The van der Waals surface area contributed by atoms with Crippen LogP contribution >= 0.6 is 0 Å². The van der Waals surface area contributed by atoms with E-state index in [1.54, 1.807) is 6.92 Å². The third kappa shape index (κ3) is 7.08. The summed E-state index contributed by atoms with van der Waals surface area (Å²) < 4.78 is 25.1. The number of rotatable bonds is 8. The lowest BCUT2D eigenvalue weighted by Crippen LogP contribution is -2.42. The molecule has 1 amide bonds. The number of aliphatic imine (C=N–C) groups is 1. The molecule has 22 heavy (non-hydrogen) atoms. The van der Waals surface area contributed by atoms with E-state index in [0.29, 0.717) is 19.0 Å². The molecule has 3 N–H and O–H groups in total. The molecule has 0 aromatic heterocycles. The summed E-state index contributed by atoms with van der Waals surface area (Å²) >= 11 is 0. The van der Waals surface area contributed by atoms with Crippen molar-refractivity contribution in [1.29, 1.82) is 0 Å². The van der Waals surface area contributed by atoms with Crippen LogP contribution < -0.4 is 15.4 Å². The molecule has 0 aromatic carbocycles. The van der Waals surface area contributed by atoms with Crippen molar-refractivity contribution in [2.24, 2.45) is 4.99 Å². The van der Waals surface area contributed by atoms with E-state index in [2.05, 4.69) is 20.3 Å². The van der Waals surface area contributed by atoms with Crippen LogP contribution in [0.3, 0.4) is 0 Å². The quantitative estimate of drug-likeness (QED) is 0.304. The molecule has 1 fully saturated rings. The smallest absolute Gasteiger partial charge is 0.244 e. The molecule has 1 rings (SSSR count). The molecular weight excluding hydrogens is 306 g/mol. The van der Waals surface area contributed by atoms with Crippen molar-refractivity contribution in [3.05, 3.63) is 0 Å². The predicted octanol–water partition coefficient (Wildman–Crippen LogP) is -0.897. The Morgan fingerprint density at radius 3 is 2.41 bits per heavy atom. The van der Waals surface area contributed by atoms with Crippen molar-refractivity contribution in [2.45, 2.75) is 26.7 Å². The number of sulfonamides is 1. The van der Waals surface area contributed by atoms with Crippen LogP contribution in [-0.2, 0) is 14.8 Å². The minimum atomic E-state index is -3.18. The Balaban J connectivity index is 2.36. The molecule has 1 aliphatic rings. The van der Waals surface area contributed by atoms with Gasteiger partial charge in [-0.15, -0.1) is 0 Å². The molecule has 0 radical (unpaired) electrons. The van der Waals surface area contributed by atoms with Crippen LogP contribution in [0.5, 0.6) is 0 Å². The second-order valence-electron chi connectivity index (χ2n) is 5.01. The molecule has 1 heterocycles. The molecule has 0 aliphatic carbocycles. The van der Waals surface area contributed by atoms with Crippen LogP contribution in [0.2, 0.25) is 0 Å². The van der Waals surface area contributed by atoms with Gasteiger partial charge >= 0.3 is 0 Å². The number of guanidine groups is 1. The molecule has 9 heteroatoms. The van der Waals surface area contributed by atoms with Crippen LogP contribution in [0.25, 0.3) is 0 Å². The van der Waals surface area contributed by atoms with Crippen LogP contribution in [0.1, 0.15) is 26.7 Å². The summed E-state index contributed by atoms with van der Waals surface area (Å²) in [5.74, 6) is 0.609. The van der Waals surface area contributed by atoms with Gasteiger partial charge in [-0.2, -0.15) is 0 Å². The fourth-order valence-electron chi connectivity index (χ4n) is 2.04. The van der Waals surface area contributed by atoms with E-state index < -0.39 is 10.0 Å². The van der Waals surface area contributed by atoms with E-state index in [4.69, 9.17) is 0 Å². The van der Waals surface area contributed by atoms with E-state index in [1.165, 1.54) is 0 Å². The van der Waals surface area contributed by atoms with Crippen molar-refractivity contribution in [3.63, 3.8) is 0 Å². The zero-order chi connectivity index (χ0) is 16.4. The summed E-state index contributed by atoms with van der Waals surface area (Å²) in [5, 5.41) is 6.04. The van der Waals surface area contributed by atoms with Gasteiger partial charge < -0.3 is 15.5 Å². The summed E-state index contributed by atoms with van der Waals surface area (Å²) in [4.78, 5) is 18.0. The van der Waals surface area contributed by atoms with Gasteiger partial charge in [-0.05, 0) is 26.7 Å². The van der Waals surface area contributed by atoms with Gasteiger partial charge in [-0.25, -0.2) is 18.1 Å². The lowest BCUT2D eigenvalue weighted by molar-refractivity contribution is -0.128. The van der Waals surface area contributed by atoms with Gasteiger partial charge in [-0.3, -0.25) is 4.79 Å². The molecule has 0 saturated carbocycles. The van der Waals surface area contributed by atoms with Crippen molar-refractivity contribution in [3.8, 4) is 0 Å². The van der Waals surface area contributed by atoms with Crippen LogP contribution in [0.4, 0.5) is 0 Å². The number of carbonyl (C=O) groups is 1. The summed E-state index contributed by atoms with van der Waals surface area (Å²) in [6.45, 7) is 6.61. The van der Waals surface area contributed by atoms with Gasteiger partial charge in [0.25, 0.3) is 0 Å². The Kier molecular flexibility index (Phi) is 8.18. The molecule has 0 aromatic rings. The fourth-order valence-corrected chi connectivity index (χ4v) is 2.66. The highest BCUT2D eigenvalue weighted by Crippen LogP contribution is 2.07. The zero-order valence-electron chi connectivity index (χ0n) is 13.4. The molecule has 0 spiro atoms. The first-order valence-electron chi connectivity index (χ1n) is 7.75. The molecule has 1 saturated heterocycles. The van der Waals surface area contributed by atoms with Crippen molar-refractivity contribution < 1.29 is 13.2 Å². The molecule has 0 bridgehead atoms. The minimum absolute atomic E-state index is 0.0291. The second-order valence-corrected chi connectivity index (χ2v) is 7.10. The van der Waals surface area contributed by atoms with Crippen LogP contribution in [0.15, 0.2) is 4.99 Å². The zero-order valence-corrected chi connectivity index (χ0v) is 14.2. The Morgan fingerprint density at radius 2 is 1.82 bits per heavy atom. The Labute approximate surface area is 132 Å². The number of amides is 1. The van der Waals surface area contributed by atoms with Gasteiger partial charge in [0.15, 0.2) is 5.96 Å². The average molecular weight is 333 g/mol. The largest absolute Gasteiger partial charge is 0.357 e. The van der Waals surface area contributed by atoms with Gasteiger partial charge in [0, 0.05) is 32.7 Å². The predicted molar refractivity (Wildman–Crippen MR) is 87.3 cm³/mol. The first-order valence-corrected chi connectivity index (χ1v) is 9.41.